The number of piperidine rings is 2. The number of pyridine rings is 1. The van der Waals surface area contributed by atoms with Gasteiger partial charge in [-0.15, -0.1) is 0 Å². The molecule has 2 saturated heterocycles. The van der Waals surface area contributed by atoms with E-state index in [4.69, 9.17) is 0 Å². The molecule has 1 aromatic carbocycles. The molecule has 34 heavy (non-hydrogen) atoms. The van der Waals surface area contributed by atoms with Gasteiger partial charge in [-0.1, -0.05) is 0 Å². The first-order valence-electron chi connectivity index (χ1n) is 11.0. The van der Waals surface area contributed by atoms with Gasteiger partial charge in [0.2, 0.25) is 0 Å². The van der Waals surface area contributed by atoms with Crippen LogP contribution >= 0.6 is 0 Å². The molecule has 1 aliphatic carbocycles. The number of nitrogens with one attached hydrogen (secondary N) is 1. The number of rotatable bonds is 4. The maximum Gasteiger partial charge on any atom is 0.417 e. The van der Waals surface area contributed by atoms with Crippen molar-refractivity contribution in [3.63, 3.8) is 0 Å². The zero-order chi connectivity index (χ0) is 23.9. The summed E-state index contributed by atoms with van der Waals surface area (Å²) in [6.07, 6.45) is 1.92. The Labute approximate surface area is 193 Å². The molecule has 4 heterocycles. The van der Waals surface area contributed by atoms with Crippen molar-refractivity contribution in [2.75, 3.05) is 11.9 Å². The number of hydrogen-bond donors (Lipinski definition) is 1. The fraction of sp³-hybridized carbons (Fsp3) is 0.333. The lowest BCUT2D eigenvalue weighted by Crippen LogP contribution is -2.59. The number of carbonyl (C=O) groups is 1. The third kappa shape index (κ3) is 4.32. The molecule has 3 aromatic rings. The summed E-state index contributed by atoms with van der Waals surface area (Å²) in [6.45, 7) is 0.564. The van der Waals surface area contributed by atoms with Crippen LogP contribution in [0.1, 0.15) is 35.2 Å². The molecule has 2 aliphatic heterocycles. The lowest BCUT2D eigenvalue weighted by atomic mass is 9.76. The summed E-state index contributed by atoms with van der Waals surface area (Å²) >= 11 is 0. The number of carbonyl (C=O) groups excluding carboxylic acids is 1. The van der Waals surface area contributed by atoms with Crippen LogP contribution in [-0.2, 0) is 6.18 Å². The van der Waals surface area contributed by atoms with Crippen molar-refractivity contribution in [3.8, 4) is 11.4 Å². The highest BCUT2D eigenvalue weighted by molar-refractivity contribution is 6.00. The number of alkyl halides is 3. The summed E-state index contributed by atoms with van der Waals surface area (Å²) in [6, 6.07) is 7.56. The fourth-order valence-electron chi connectivity index (χ4n) is 4.90. The Morgan fingerprint density at radius 3 is 2.53 bits per heavy atom. The van der Waals surface area contributed by atoms with Gasteiger partial charge in [0.15, 0.2) is 5.82 Å². The summed E-state index contributed by atoms with van der Waals surface area (Å²) < 4.78 is 52.6. The Balaban J connectivity index is 1.40. The Hall–Kier alpha value is -3.56. The van der Waals surface area contributed by atoms with Crippen molar-refractivity contribution in [2.24, 2.45) is 5.92 Å². The van der Waals surface area contributed by atoms with Gasteiger partial charge in [0.25, 0.3) is 5.91 Å². The van der Waals surface area contributed by atoms with E-state index < -0.39 is 17.6 Å². The molecule has 6 nitrogen and oxygen atoms in total. The highest BCUT2D eigenvalue weighted by Gasteiger charge is 2.43. The average Bonchev–Trinajstić information content (AvgIpc) is 2.84. The van der Waals surface area contributed by atoms with Crippen molar-refractivity contribution in [3.05, 3.63) is 71.9 Å². The number of hydrogen-bond acceptors (Lipinski definition) is 5. The monoisotopic (exact) mass is 471 g/mol. The Morgan fingerprint density at radius 2 is 1.85 bits per heavy atom. The molecule has 3 aliphatic rings. The normalized spacial score (nSPS) is 22.0. The first-order chi connectivity index (χ1) is 16.3. The van der Waals surface area contributed by atoms with E-state index in [2.05, 4.69) is 20.3 Å². The van der Waals surface area contributed by atoms with Crippen molar-refractivity contribution >= 4 is 11.7 Å². The first-order valence-corrected chi connectivity index (χ1v) is 11.0. The summed E-state index contributed by atoms with van der Waals surface area (Å²) in [7, 11) is 0. The van der Waals surface area contributed by atoms with Gasteiger partial charge in [-0.2, -0.15) is 13.2 Å². The molecule has 176 valence electrons. The van der Waals surface area contributed by atoms with E-state index >= 15 is 0 Å². The maximum absolute atomic E-state index is 14.0. The molecule has 6 rings (SSSR count). The third-order valence-corrected chi connectivity index (χ3v) is 6.48. The molecule has 3 unspecified atom stereocenters. The molecule has 0 radical (unpaired) electrons. The Morgan fingerprint density at radius 1 is 1.06 bits per heavy atom. The van der Waals surface area contributed by atoms with Crippen LogP contribution in [-0.4, -0.2) is 44.4 Å². The molecule has 2 aromatic heterocycles. The molecule has 1 saturated carbocycles. The van der Waals surface area contributed by atoms with Crippen LogP contribution in [0.3, 0.4) is 0 Å². The Kier molecular flexibility index (Phi) is 5.66. The first kappa shape index (κ1) is 22.2. The molecule has 3 fully saturated rings. The molecule has 3 atom stereocenters. The van der Waals surface area contributed by atoms with E-state index in [9.17, 15) is 22.4 Å². The topological polar surface area (TPSA) is 71.0 Å². The highest BCUT2D eigenvalue weighted by Crippen LogP contribution is 2.38. The summed E-state index contributed by atoms with van der Waals surface area (Å²) in [5, 5.41) is 3.23. The number of fused-ring (bicyclic) bond motifs is 3. The van der Waals surface area contributed by atoms with E-state index in [0.29, 0.717) is 23.5 Å². The molecule has 2 bridgehead atoms. The van der Waals surface area contributed by atoms with E-state index in [1.165, 1.54) is 36.7 Å². The van der Waals surface area contributed by atoms with Crippen LogP contribution in [0, 0.1) is 11.7 Å². The highest BCUT2D eigenvalue weighted by atomic mass is 19.4. The van der Waals surface area contributed by atoms with Gasteiger partial charge in [-0.05, 0) is 61.6 Å². The van der Waals surface area contributed by atoms with Crippen LogP contribution in [0.2, 0.25) is 0 Å². The van der Waals surface area contributed by atoms with Gasteiger partial charge in [0, 0.05) is 36.7 Å². The van der Waals surface area contributed by atoms with Crippen molar-refractivity contribution in [1.82, 2.24) is 19.9 Å². The van der Waals surface area contributed by atoms with Gasteiger partial charge in [0.1, 0.15) is 11.6 Å². The summed E-state index contributed by atoms with van der Waals surface area (Å²) in [4.78, 5) is 27.7. The fourth-order valence-corrected chi connectivity index (χ4v) is 4.90. The van der Waals surface area contributed by atoms with E-state index in [1.54, 1.807) is 11.0 Å². The van der Waals surface area contributed by atoms with Crippen LogP contribution in [0.15, 0.2) is 55.0 Å². The zero-order valence-corrected chi connectivity index (χ0v) is 18.0. The van der Waals surface area contributed by atoms with Crippen LogP contribution < -0.4 is 5.32 Å². The average molecular weight is 471 g/mol. The smallest absolute Gasteiger partial charge is 0.365 e. The van der Waals surface area contributed by atoms with Gasteiger partial charge in [-0.25, -0.2) is 19.3 Å². The van der Waals surface area contributed by atoms with E-state index in [0.717, 1.165) is 31.5 Å². The predicted molar refractivity (Wildman–Crippen MR) is 116 cm³/mol. The van der Waals surface area contributed by atoms with Gasteiger partial charge < -0.3 is 10.2 Å². The number of anilines is 1. The second kappa shape index (κ2) is 8.66. The minimum atomic E-state index is -4.45. The van der Waals surface area contributed by atoms with Crippen molar-refractivity contribution in [1.29, 1.82) is 0 Å². The molecular formula is C24H21F4N5O. The lowest BCUT2D eigenvalue weighted by molar-refractivity contribution is -0.137. The largest absolute Gasteiger partial charge is 0.417 e. The molecular weight excluding hydrogens is 450 g/mol. The number of aromatic nitrogens is 3. The van der Waals surface area contributed by atoms with Gasteiger partial charge >= 0.3 is 6.18 Å². The van der Waals surface area contributed by atoms with Crippen molar-refractivity contribution in [2.45, 2.75) is 37.5 Å². The molecule has 1 amide bonds. The molecule has 0 spiro atoms. The summed E-state index contributed by atoms with van der Waals surface area (Å²) in [5.74, 6) is 0.100. The minimum Gasteiger partial charge on any atom is -0.365 e. The predicted octanol–water partition coefficient (Wildman–Crippen LogP) is 4.80. The van der Waals surface area contributed by atoms with E-state index in [1.807, 2.05) is 0 Å². The molecule has 1 N–H and O–H groups in total. The summed E-state index contributed by atoms with van der Waals surface area (Å²) in [5.41, 5.74) is -0.181. The molecule has 10 heteroatoms. The van der Waals surface area contributed by atoms with Crippen LogP contribution in [0.5, 0.6) is 0 Å². The number of halogens is 4. The Bertz CT molecular complexity index is 1190. The van der Waals surface area contributed by atoms with Gasteiger partial charge in [0.05, 0.1) is 17.2 Å². The minimum absolute atomic E-state index is 0.155. The van der Waals surface area contributed by atoms with E-state index in [-0.39, 0.29) is 29.7 Å². The second-order valence-electron chi connectivity index (χ2n) is 8.65. The van der Waals surface area contributed by atoms with Crippen LogP contribution in [0.4, 0.5) is 23.4 Å². The van der Waals surface area contributed by atoms with Crippen molar-refractivity contribution < 1.29 is 22.4 Å². The van der Waals surface area contributed by atoms with Gasteiger partial charge in [-0.3, -0.25) is 4.79 Å². The lowest BCUT2D eigenvalue weighted by Gasteiger charge is -2.50. The SMILES string of the molecule is O=C(c1ccc(F)cc1-c1ncccn1)N1CC2CCC1C(Nc1ccc(C(F)(F)F)cn1)C2. The quantitative estimate of drug-likeness (QED) is 0.554. The third-order valence-electron chi connectivity index (χ3n) is 6.48. The second-order valence-corrected chi connectivity index (χ2v) is 8.65. The number of amides is 1. The standard InChI is InChI=1S/C24H21F4N5O/c25-16-4-5-17(18(11-16)22-29-8-1-9-30-22)23(34)33-13-14-2-6-20(33)19(10-14)32-21-7-3-15(12-31-21)24(26,27)28/h1,3-5,7-9,11-12,14,19-20H,2,6,10,13H2,(H,31,32). The van der Waals surface area contributed by atoms with Crippen LogP contribution in [0.25, 0.3) is 11.4 Å². The zero-order valence-electron chi connectivity index (χ0n) is 18.0. The number of benzene rings is 1. The maximum atomic E-state index is 14.0. The number of nitrogens with zero attached hydrogens (tertiary/aromatic N) is 4.